The topological polar surface area (TPSA) is 24.5 Å². The maximum atomic E-state index is 5.24. The van der Waals surface area contributed by atoms with Gasteiger partial charge >= 0.3 is 0 Å². The molecular weight excluding hydrogens is 200 g/mol. The zero-order chi connectivity index (χ0) is 11.8. The minimum Gasteiger partial charge on any atom is -0.383 e. The standard InChI is InChI=1S/C13H28N2O/c1-4-5-13(11-16-3)14-10-12-6-8-15(2)9-7-12/h12-14H,4-11H2,1-3H3. The molecule has 0 aromatic heterocycles. The number of hydrogen-bond donors (Lipinski definition) is 1. The van der Waals surface area contributed by atoms with E-state index in [9.17, 15) is 0 Å². The fourth-order valence-corrected chi connectivity index (χ4v) is 2.39. The first-order valence-corrected chi connectivity index (χ1v) is 6.67. The Bertz CT molecular complexity index is 161. The Morgan fingerprint density at radius 2 is 2.06 bits per heavy atom. The van der Waals surface area contributed by atoms with Gasteiger partial charge in [0.2, 0.25) is 0 Å². The maximum absolute atomic E-state index is 5.24. The van der Waals surface area contributed by atoms with E-state index < -0.39 is 0 Å². The Balaban J connectivity index is 2.15. The van der Waals surface area contributed by atoms with Gasteiger partial charge in [-0.15, -0.1) is 0 Å². The quantitative estimate of drug-likeness (QED) is 0.718. The Kier molecular flexibility index (Phi) is 7.01. The van der Waals surface area contributed by atoms with Crippen LogP contribution in [-0.2, 0) is 4.74 Å². The van der Waals surface area contributed by atoms with Gasteiger partial charge in [0.05, 0.1) is 6.61 Å². The van der Waals surface area contributed by atoms with Gasteiger partial charge in [-0.1, -0.05) is 13.3 Å². The Morgan fingerprint density at radius 3 is 2.62 bits per heavy atom. The number of likely N-dealkylation sites (tertiary alicyclic amines) is 1. The van der Waals surface area contributed by atoms with Crippen molar-refractivity contribution in [1.82, 2.24) is 10.2 Å². The van der Waals surface area contributed by atoms with Crippen LogP contribution < -0.4 is 5.32 Å². The van der Waals surface area contributed by atoms with Crippen LogP contribution in [0, 0.1) is 5.92 Å². The molecule has 3 heteroatoms. The summed E-state index contributed by atoms with van der Waals surface area (Å²) >= 11 is 0. The summed E-state index contributed by atoms with van der Waals surface area (Å²) in [6, 6.07) is 0.551. The summed E-state index contributed by atoms with van der Waals surface area (Å²) < 4.78 is 5.24. The zero-order valence-corrected chi connectivity index (χ0v) is 11.2. The van der Waals surface area contributed by atoms with Crippen LogP contribution in [0.25, 0.3) is 0 Å². The molecule has 96 valence electrons. The molecule has 1 fully saturated rings. The van der Waals surface area contributed by atoms with Crippen LogP contribution in [-0.4, -0.2) is 51.3 Å². The highest BCUT2D eigenvalue weighted by Crippen LogP contribution is 2.15. The smallest absolute Gasteiger partial charge is 0.0615 e. The van der Waals surface area contributed by atoms with Gasteiger partial charge < -0.3 is 15.0 Å². The lowest BCUT2D eigenvalue weighted by atomic mass is 9.96. The highest BCUT2D eigenvalue weighted by Gasteiger charge is 2.17. The molecule has 1 rings (SSSR count). The molecule has 1 N–H and O–H groups in total. The molecule has 0 aliphatic carbocycles. The van der Waals surface area contributed by atoms with Gasteiger partial charge in [0.25, 0.3) is 0 Å². The van der Waals surface area contributed by atoms with E-state index in [1.54, 1.807) is 7.11 Å². The van der Waals surface area contributed by atoms with Crippen LogP contribution in [0.2, 0.25) is 0 Å². The summed E-state index contributed by atoms with van der Waals surface area (Å²) in [6.07, 6.45) is 5.14. The molecule has 0 aromatic rings. The number of hydrogen-bond acceptors (Lipinski definition) is 3. The van der Waals surface area contributed by atoms with Crippen LogP contribution >= 0.6 is 0 Å². The van der Waals surface area contributed by atoms with Crippen LogP contribution in [0.15, 0.2) is 0 Å². The number of ether oxygens (including phenoxy) is 1. The third-order valence-electron chi connectivity index (χ3n) is 3.54. The SMILES string of the molecule is CCCC(COC)NCC1CCN(C)CC1. The lowest BCUT2D eigenvalue weighted by Crippen LogP contribution is -2.40. The molecule has 0 bridgehead atoms. The first-order chi connectivity index (χ1) is 7.76. The van der Waals surface area contributed by atoms with Crippen molar-refractivity contribution in [2.75, 3.05) is 40.4 Å². The van der Waals surface area contributed by atoms with E-state index >= 15 is 0 Å². The maximum Gasteiger partial charge on any atom is 0.0615 e. The summed E-state index contributed by atoms with van der Waals surface area (Å²) in [6.45, 7) is 6.77. The van der Waals surface area contributed by atoms with Crippen molar-refractivity contribution in [3.8, 4) is 0 Å². The highest BCUT2D eigenvalue weighted by atomic mass is 16.5. The molecule has 1 unspecified atom stereocenters. The van der Waals surface area contributed by atoms with Crippen LogP contribution in [0.3, 0.4) is 0 Å². The number of methoxy groups -OCH3 is 1. The van der Waals surface area contributed by atoms with Crippen molar-refractivity contribution in [1.29, 1.82) is 0 Å². The average molecular weight is 228 g/mol. The lowest BCUT2D eigenvalue weighted by molar-refractivity contribution is 0.152. The molecule has 16 heavy (non-hydrogen) atoms. The molecule has 1 atom stereocenters. The first-order valence-electron chi connectivity index (χ1n) is 6.67. The first kappa shape index (κ1) is 13.9. The molecule has 0 spiro atoms. The summed E-state index contributed by atoms with van der Waals surface area (Å²) in [5, 5.41) is 3.66. The number of rotatable bonds is 7. The lowest BCUT2D eigenvalue weighted by Gasteiger charge is -2.30. The van der Waals surface area contributed by atoms with Crippen molar-refractivity contribution in [2.24, 2.45) is 5.92 Å². The molecule has 1 heterocycles. The monoisotopic (exact) mass is 228 g/mol. The minimum absolute atomic E-state index is 0.551. The number of nitrogens with one attached hydrogen (secondary N) is 1. The fourth-order valence-electron chi connectivity index (χ4n) is 2.39. The third-order valence-corrected chi connectivity index (χ3v) is 3.54. The second kappa shape index (κ2) is 8.04. The van der Waals surface area contributed by atoms with Crippen molar-refractivity contribution >= 4 is 0 Å². The normalized spacial score (nSPS) is 21.2. The predicted molar refractivity (Wildman–Crippen MR) is 68.8 cm³/mol. The van der Waals surface area contributed by atoms with Gasteiger partial charge in [0.1, 0.15) is 0 Å². The van der Waals surface area contributed by atoms with E-state index in [1.165, 1.54) is 45.3 Å². The summed E-state index contributed by atoms with van der Waals surface area (Å²) in [7, 11) is 4.01. The van der Waals surface area contributed by atoms with Crippen LogP contribution in [0.4, 0.5) is 0 Å². The van der Waals surface area contributed by atoms with E-state index in [-0.39, 0.29) is 0 Å². The zero-order valence-electron chi connectivity index (χ0n) is 11.2. The van der Waals surface area contributed by atoms with Gasteiger partial charge in [0.15, 0.2) is 0 Å². The van der Waals surface area contributed by atoms with Gasteiger partial charge in [0, 0.05) is 13.2 Å². The second-order valence-corrected chi connectivity index (χ2v) is 5.10. The minimum atomic E-state index is 0.551. The molecule has 1 saturated heterocycles. The molecule has 0 aromatic carbocycles. The predicted octanol–water partition coefficient (Wildman–Crippen LogP) is 1.73. The van der Waals surface area contributed by atoms with Gasteiger partial charge in [-0.05, 0) is 51.9 Å². The van der Waals surface area contributed by atoms with Crippen molar-refractivity contribution in [2.45, 2.75) is 38.6 Å². The van der Waals surface area contributed by atoms with Crippen molar-refractivity contribution in [3.63, 3.8) is 0 Å². The van der Waals surface area contributed by atoms with E-state index in [1.807, 2.05) is 0 Å². The van der Waals surface area contributed by atoms with Gasteiger partial charge in [-0.3, -0.25) is 0 Å². The average Bonchev–Trinajstić information content (AvgIpc) is 2.29. The van der Waals surface area contributed by atoms with Gasteiger partial charge in [-0.2, -0.15) is 0 Å². The van der Waals surface area contributed by atoms with Crippen molar-refractivity contribution < 1.29 is 4.74 Å². The molecule has 1 aliphatic heterocycles. The highest BCUT2D eigenvalue weighted by molar-refractivity contribution is 4.74. The van der Waals surface area contributed by atoms with Crippen molar-refractivity contribution in [3.05, 3.63) is 0 Å². The van der Waals surface area contributed by atoms with E-state index in [4.69, 9.17) is 4.74 Å². The Morgan fingerprint density at radius 1 is 1.38 bits per heavy atom. The number of nitrogens with zero attached hydrogens (tertiary/aromatic N) is 1. The molecule has 0 amide bonds. The fraction of sp³-hybridized carbons (Fsp3) is 1.00. The largest absolute Gasteiger partial charge is 0.383 e. The summed E-state index contributed by atoms with van der Waals surface area (Å²) in [5.41, 5.74) is 0. The van der Waals surface area contributed by atoms with E-state index in [2.05, 4.69) is 24.2 Å². The van der Waals surface area contributed by atoms with E-state index in [0.29, 0.717) is 6.04 Å². The Labute approximate surface area is 101 Å². The molecule has 3 nitrogen and oxygen atoms in total. The van der Waals surface area contributed by atoms with Crippen LogP contribution in [0.5, 0.6) is 0 Å². The summed E-state index contributed by atoms with van der Waals surface area (Å²) in [4.78, 5) is 2.43. The Hall–Kier alpha value is -0.120. The van der Waals surface area contributed by atoms with Gasteiger partial charge in [-0.25, -0.2) is 0 Å². The second-order valence-electron chi connectivity index (χ2n) is 5.10. The van der Waals surface area contributed by atoms with E-state index in [0.717, 1.165) is 12.5 Å². The third kappa shape index (κ3) is 5.28. The number of piperidine rings is 1. The van der Waals surface area contributed by atoms with Crippen LogP contribution in [0.1, 0.15) is 32.6 Å². The molecule has 1 aliphatic rings. The molecule has 0 saturated carbocycles. The molecule has 0 radical (unpaired) electrons. The summed E-state index contributed by atoms with van der Waals surface area (Å²) in [5.74, 6) is 0.868. The molecular formula is C13H28N2O.